The molecule has 0 bridgehead atoms. The van der Waals surface area contributed by atoms with Crippen molar-refractivity contribution in [3.63, 3.8) is 0 Å². The van der Waals surface area contributed by atoms with Crippen LogP contribution in [0, 0.1) is 86.0 Å². The van der Waals surface area contributed by atoms with Crippen molar-refractivity contribution < 1.29 is 13.2 Å². The maximum atomic E-state index is 16.8. The summed E-state index contributed by atoms with van der Waals surface area (Å²) in [6, 6.07) is 11.7. The van der Waals surface area contributed by atoms with E-state index in [0.29, 0.717) is 0 Å². The quantitative estimate of drug-likeness (QED) is 0.337. The zero-order valence-electron chi connectivity index (χ0n) is 20.0. The van der Waals surface area contributed by atoms with Crippen LogP contribution >= 0.6 is 0 Å². The van der Waals surface area contributed by atoms with Crippen LogP contribution in [0.4, 0.5) is 13.2 Å². The van der Waals surface area contributed by atoms with Crippen LogP contribution in [0.25, 0.3) is 33.4 Å². The van der Waals surface area contributed by atoms with Gasteiger partial charge in [-0.3, -0.25) is 0 Å². The van der Waals surface area contributed by atoms with Crippen molar-refractivity contribution in [2.24, 2.45) is 0 Å². The molecular formula is C28H5F3N10. The number of nitrogens with zero attached hydrogens (tertiary/aromatic N) is 10. The van der Waals surface area contributed by atoms with Gasteiger partial charge in [-0.15, -0.1) is 0 Å². The van der Waals surface area contributed by atoms with Gasteiger partial charge in [0.2, 0.25) is 0 Å². The lowest BCUT2D eigenvalue weighted by molar-refractivity contribution is 0.537. The number of hydrogen-bond donors (Lipinski definition) is 0. The molecule has 5 rings (SSSR count). The lowest BCUT2D eigenvalue weighted by Gasteiger charge is -2.13. The van der Waals surface area contributed by atoms with Gasteiger partial charge in [-0.2, -0.15) is 40.4 Å². The van der Waals surface area contributed by atoms with Crippen LogP contribution in [0.15, 0.2) is 42.0 Å². The minimum absolute atomic E-state index is 0.0117. The summed E-state index contributed by atoms with van der Waals surface area (Å²) in [5.41, 5.74) is -3.71. The minimum Gasteiger partial charge on any atom is -0.210 e. The van der Waals surface area contributed by atoms with E-state index < -0.39 is 40.2 Å². The molecular weight excluding hydrogens is 533 g/mol. The molecule has 0 atom stereocenters. The monoisotopic (exact) mass is 538 g/mol. The van der Waals surface area contributed by atoms with Gasteiger partial charge in [-0.25, -0.2) is 24.3 Å². The third-order valence-electron chi connectivity index (χ3n) is 6.29. The van der Waals surface area contributed by atoms with Crippen LogP contribution in [-0.2, 0) is 0 Å². The number of rotatable bonds is 2. The van der Waals surface area contributed by atoms with Crippen molar-refractivity contribution >= 4 is 33.4 Å². The summed E-state index contributed by atoms with van der Waals surface area (Å²) in [6.45, 7) is 0. The molecule has 2 heterocycles. The van der Waals surface area contributed by atoms with Crippen molar-refractivity contribution in [2.75, 3.05) is 0 Å². The second-order valence-corrected chi connectivity index (χ2v) is 8.19. The maximum absolute atomic E-state index is 16.8. The fraction of sp³-hybridized carbons (Fsp3) is 0. The van der Waals surface area contributed by atoms with Gasteiger partial charge in [-0.05, 0) is 6.07 Å². The molecule has 2 aliphatic carbocycles. The predicted octanol–water partition coefficient (Wildman–Crippen LogP) is 4.18. The number of fused-ring (bicyclic) bond motifs is 2. The number of hydrogen-bond acceptors (Lipinski definition) is 10. The molecule has 13 heteroatoms. The molecule has 0 radical (unpaired) electrons. The smallest absolute Gasteiger partial charge is 0.210 e. The third kappa shape index (κ3) is 3.69. The molecule has 0 saturated carbocycles. The second kappa shape index (κ2) is 9.75. The Morgan fingerprint density at radius 2 is 0.902 bits per heavy atom. The van der Waals surface area contributed by atoms with Crippen molar-refractivity contribution in [1.82, 2.24) is 19.9 Å². The van der Waals surface area contributed by atoms with Crippen molar-refractivity contribution in [2.45, 2.75) is 0 Å². The highest BCUT2D eigenvalue weighted by atomic mass is 19.1. The Bertz CT molecular complexity index is 1930. The number of allylic oxidation sites excluding steroid dienone is 8. The number of halogens is 3. The molecule has 188 valence electrons. The van der Waals surface area contributed by atoms with Crippen LogP contribution in [0.1, 0.15) is 33.4 Å². The molecule has 0 amide bonds. The Morgan fingerprint density at radius 1 is 0.561 bits per heavy atom. The molecule has 0 N–H and O–H groups in total. The molecule has 10 nitrogen and oxygen atoms in total. The highest BCUT2D eigenvalue weighted by Crippen LogP contribution is 2.55. The zero-order chi connectivity index (χ0) is 29.4. The summed E-state index contributed by atoms with van der Waals surface area (Å²) in [4.78, 5) is 13.8. The highest BCUT2D eigenvalue weighted by Gasteiger charge is 2.41. The Labute approximate surface area is 228 Å². The molecule has 0 unspecified atom stereocenters. The van der Waals surface area contributed by atoms with E-state index in [1.165, 1.54) is 6.07 Å². The van der Waals surface area contributed by atoms with E-state index in [0.717, 1.165) is 24.8 Å². The first-order valence-corrected chi connectivity index (χ1v) is 11.1. The Hall–Kier alpha value is -6.93. The average molecular weight is 538 g/mol. The molecule has 2 aliphatic rings. The van der Waals surface area contributed by atoms with E-state index in [4.69, 9.17) is 0 Å². The van der Waals surface area contributed by atoms with Gasteiger partial charge >= 0.3 is 12.2 Å². The second-order valence-electron chi connectivity index (χ2n) is 8.19. The molecule has 0 aliphatic heterocycles. The SMILES string of the molecule is N#CC(C#N)=C1C(c2cnc(F)nc2)=C(C#N)c2cc3c(c(F)c21)C(=C(C#N)C#N)C(c1cnc(F)nc1)=C3C#N. The van der Waals surface area contributed by atoms with Gasteiger partial charge in [-0.1, -0.05) is 0 Å². The standard InChI is InChI=1S/C28H5F3N10/c29-26-24-16(18(6-36)20(22(24)12(2-32)3-33)14-8-38-27(30)39-9-14)1-17-19(7-37)21(15-10-40-28(31)41-11-15)23(25(17)26)13(4-34)5-35/h1,8-11H. The summed E-state index contributed by atoms with van der Waals surface area (Å²) >= 11 is 0. The first kappa shape index (κ1) is 25.7. The van der Waals surface area contributed by atoms with Gasteiger partial charge in [0.15, 0.2) is 0 Å². The predicted molar refractivity (Wildman–Crippen MR) is 132 cm³/mol. The Kier molecular flexibility index (Phi) is 6.11. The Morgan fingerprint density at radius 3 is 1.20 bits per heavy atom. The first-order valence-electron chi connectivity index (χ1n) is 11.1. The summed E-state index contributed by atoms with van der Waals surface area (Å²) in [5, 5.41) is 59.2. The summed E-state index contributed by atoms with van der Waals surface area (Å²) in [5.74, 6) is -1.16. The van der Waals surface area contributed by atoms with Gasteiger partial charge in [0.05, 0.1) is 11.1 Å². The highest BCUT2D eigenvalue weighted by molar-refractivity contribution is 6.29. The van der Waals surface area contributed by atoms with Crippen molar-refractivity contribution in [3.05, 3.63) is 93.4 Å². The van der Waals surface area contributed by atoms with Crippen LogP contribution in [0.3, 0.4) is 0 Å². The molecule has 1 aromatic carbocycles. The van der Waals surface area contributed by atoms with Crippen molar-refractivity contribution in [3.8, 4) is 36.4 Å². The number of aromatic nitrogens is 4. The number of benzene rings is 1. The topological polar surface area (TPSA) is 194 Å². The lowest BCUT2D eigenvalue weighted by atomic mass is 9.89. The normalized spacial score (nSPS) is 12.8. The molecule has 0 saturated heterocycles. The first-order chi connectivity index (χ1) is 19.8. The fourth-order valence-corrected chi connectivity index (χ4v) is 4.77. The molecule has 0 fully saturated rings. The van der Waals surface area contributed by atoms with Crippen molar-refractivity contribution in [1.29, 1.82) is 31.6 Å². The van der Waals surface area contributed by atoms with Crippen LogP contribution in [-0.4, -0.2) is 19.9 Å². The third-order valence-corrected chi connectivity index (χ3v) is 6.29. The minimum atomic E-state index is -1.16. The van der Waals surface area contributed by atoms with E-state index in [2.05, 4.69) is 19.9 Å². The van der Waals surface area contributed by atoms with Crippen LogP contribution in [0.2, 0.25) is 0 Å². The summed E-state index contributed by atoms with van der Waals surface area (Å²) in [6.07, 6.45) is 1.75. The largest absolute Gasteiger partial charge is 0.308 e. The average Bonchev–Trinajstić information content (AvgIpc) is 3.49. The van der Waals surface area contributed by atoms with Gasteiger partial charge in [0.1, 0.15) is 53.4 Å². The van der Waals surface area contributed by atoms with Gasteiger partial charge in [0, 0.05) is 80.5 Å². The van der Waals surface area contributed by atoms with E-state index in [-0.39, 0.29) is 55.7 Å². The van der Waals surface area contributed by atoms with E-state index in [9.17, 15) is 40.4 Å². The van der Waals surface area contributed by atoms with Crippen LogP contribution in [0.5, 0.6) is 0 Å². The molecule has 41 heavy (non-hydrogen) atoms. The van der Waals surface area contributed by atoms with E-state index in [1.807, 2.05) is 12.1 Å². The lowest BCUT2D eigenvalue weighted by Crippen LogP contribution is -2.02. The Balaban J connectivity index is 1.98. The van der Waals surface area contributed by atoms with Gasteiger partial charge in [0.25, 0.3) is 0 Å². The fourth-order valence-electron chi connectivity index (χ4n) is 4.77. The summed E-state index contributed by atoms with van der Waals surface area (Å²) in [7, 11) is 0. The molecule has 0 spiro atoms. The van der Waals surface area contributed by atoms with Gasteiger partial charge < -0.3 is 0 Å². The maximum Gasteiger partial charge on any atom is 0.308 e. The number of nitriles is 6. The van der Waals surface area contributed by atoms with E-state index in [1.54, 1.807) is 24.3 Å². The molecule has 3 aromatic rings. The summed E-state index contributed by atoms with van der Waals surface area (Å²) < 4.78 is 43.8. The van der Waals surface area contributed by atoms with Crippen LogP contribution < -0.4 is 0 Å². The zero-order valence-corrected chi connectivity index (χ0v) is 20.0. The van der Waals surface area contributed by atoms with E-state index >= 15 is 4.39 Å². The molecule has 2 aromatic heterocycles.